The summed E-state index contributed by atoms with van der Waals surface area (Å²) >= 11 is 0. The number of imidazole rings is 9. The fraction of sp³-hybridized carbons (Fsp3) is 0.576. The minimum atomic E-state index is -1.28. The van der Waals surface area contributed by atoms with Crippen LogP contribution in [-0.2, 0) is 125 Å². The van der Waals surface area contributed by atoms with Crippen molar-refractivity contribution in [1.82, 2.24) is 89.7 Å². The van der Waals surface area contributed by atoms with Gasteiger partial charge in [0.15, 0.2) is 39.9 Å². The number of carbonyl (C=O) groups excluding carboxylic acids is 6. The zero-order valence-corrected chi connectivity index (χ0v) is 93.6. The molecular weight excluding hydrogens is 1860 g/mol. The number of methoxy groups -OCH3 is 3. The quantitative estimate of drug-likeness (QED) is 0.00966. The Labute approximate surface area is 877 Å². The van der Waals surface area contributed by atoms with Crippen molar-refractivity contribution < 1.29 is 171 Å². The number of esters is 4. The Kier molecular flexibility index (Phi) is 56.6. The van der Waals surface area contributed by atoms with Crippen molar-refractivity contribution in [2.45, 2.75) is 336 Å². The van der Waals surface area contributed by atoms with Gasteiger partial charge in [-0.15, -0.1) is 0 Å². The third-order valence-corrected chi connectivity index (χ3v) is 20.5. The van der Waals surface area contributed by atoms with E-state index in [4.69, 9.17) is 48.5 Å². The van der Waals surface area contributed by atoms with Crippen molar-refractivity contribution in [1.29, 1.82) is 0 Å². The molecule has 43 heteroatoms. The Morgan fingerprint density at radius 3 is 0.838 bits per heavy atom. The largest absolute Gasteiger partial charge is 1.00 e. The maximum Gasteiger partial charge on any atom is 1.00 e. The summed E-state index contributed by atoms with van der Waals surface area (Å²) in [4.78, 5) is 165. The minimum absolute atomic E-state index is 0. The van der Waals surface area contributed by atoms with E-state index in [9.17, 15) is 63.6 Å². The number of cyclic esters (lactones) is 1. The summed E-state index contributed by atoms with van der Waals surface area (Å²) in [6.07, 6.45) is 15.2. The maximum absolute atomic E-state index is 11.9. The van der Waals surface area contributed by atoms with Gasteiger partial charge in [-0.1, -0.05) is 82.1 Å². The Balaban J connectivity index is 0.00000157. The van der Waals surface area contributed by atoms with Crippen molar-refractivity contribution in [3.63, 3.8) is 0 Å². The van der Waals surface area contributed by atoms with Gasteiger partial charge in [0.2, 0.25) is 0 Å². The van der Waals surface area contributed by atoms with Crippen LogP contribution in [0.1, 0.15) is 443 Å². The summed E-state index contributed by atoms with van der Waals surface area (Å²) < 4.78 is 36.0. The van der Waals surface area contributed by atoms with E-state index in [-0.39, 0.29) is 111 Å². The molecule has 0 unspecified atom stereocenters. The summed E-state index contributed by atoms with van der Waals surface area (Å²) in [6.45, 7) is 62.0. The first kappa shape index (κ1) is 131. The van der Waals surface area contributed by atoms with Crippen molar-refractivity contribution in [3.05, 3.63) is 175 Å². The third kappa shape index (κ3) is 39.7. The van der Waals surface area contributed by atoms with E-state index < -0.39 is 75.4 Å². The Hall–Kier alpha value is -10.9. The van der Waals surface area contributed by atoms with Crippen LogP contribution in [0.15, 0.2) is 19.7 Å². The Bertz CT molecular complexity index is 5370. The molecule has 1 aliphatic heterocycles. The number of H-pyrrole nitrogens is 9. The molecule has 1 aliphatic rings. The third-order valence-electron chi connectivity index (χ3n) is 20.5. The van der Waals surface area contributed by atoms with Crippen molar-refractivity contribution >= 4 is 70.4 Å². The number of nitrogens with zero attached hydrogens (tertiary/aromatic N) is 9. The predicted molar refractivity (Wildman–Crippen MR) is 524 cm³/mol. The van der Waals surface area contributed by atoms with Crippen LogP contribution in [0.4, 0.5) is 0 Å². The number of aromatic nitrogens is 18. The zero-order chi connectivity index (χ0) is 107. The number of rotatable bonds is 40. The number of allylic oxidation sites excluding steroid dienone is 3. The van der Waals surface area contributed by atoms with Crippen LogP contribution in [0, 0.1) is 0 Å². The molecule has 0 radical (unpaired) electrons. The topological polar surface area (TPSA) is 624 Å². The second-order valence-corrected chi connectivity index (χ2v) is 35.6. The van der Waals surface area contributed by atoms with Crippen LogP contribution in [0.5, 0.6) is 0 Å². The molecule has 14 N–H and O–H groups in total. The average Bonchev–Trinajstić information content (AvgIpc) is 1.61. The molecule has 0 saturated carbocycles. The molecule has 0 fully saturated rings. The van der Waals surface area contributed by atoms with Crippen molar-refractivity contribution in [3.8, 4) is 0 Å². The van der Waals surface area contributed by atoms with Crippen LogP contribution < -0.4 is 69.3 Å². The summed E-state index contributed by atoms with van der Waals surface area (Å²) in [5.41, 5.74) is 3.23. The molecular formula is C99H152N18Na2O23. The smallest absolute Gasteiger partial charge is 0.543 e. The molecule has 9 aromatic heterocycles. The number of nitrogens with one attached hydrogen (secondary N) is 9. The second-order valence-electron chi connectivity index (χ2n) is 35.6. The SMILES string of the molecule is C=C(C)c1nc(CCC)[nH]c1C(=O)O.C=C(C)c1nc(CCC)[nH]c1C(=O)OCC.C=C(C)c1nc(CCC)[nH]c1C(=O)[O-].CCCc1nc(C(=O)O)c(C(C)(C)O)[nH]1.CCCc1nc(C(=O)O)c(C(C)(C)OC)[nH]1.CCCc1nc(C(=O)OCC)c(C(C)(C)O)[nH]1.CCCc1nc(C(=O)OCC)c(C(C)(C)OC)[nH]1.CCCc1nc(C(=O)[O-])c(C(C)(C)OC)[nH]1.CCCc1nc2c([nH]1)C(C)(C)OC2=O.[Na+].[Na+]. The van der Waals surface area contributed by atoms with E-state index in [1.54, 1.807) is 76.5 Å². The zero-order valence-electron chi connectivity index (χ0n) is 89.6. The molecule has 778 valence electrons. The standard InChI is InChI=1S/C13H22N2O3.C12H20N2O3.C12H18N2O2.2C11H18N2O3.C10H16N2O3.3C10H14N2O2.2Na/c1-6-8-9-14-10(12(16)18-7-2)11(15-9)13(3,4)17-5;1-5-7-8-13-9(11(15)17-6-2)10(14-8)12(3,4)16;1-5-7-9-13-10(8(3)4)11(14-9)12(15)16-6-2;2*1-5-6-7-12-8(10(14)15)9(13-7)11(2,3)16-4;1-4-5-6-11-7(9(13)14)8(12-6)10(2,3)15;1-4-5-6-11-7-8(12-6)10(2,3)14-9(7)13;2*1-4-5-7-11-8(6(2)3)9(12-7)10(13)14;;/h6-8H2,1-5H3,(H,14,15);16H,5-7H2,1-4H3,(H,13,14);3,5-7H2,1-2,4H3,(H,13,14);2*5-6H2,1-4H3,(H,12,13)(H,14,15);15H,4-5H2,1-3H3,(H,11,12)(H,13,14);4-5H2,1-3H3,(H,11,12);2*2,4-5H2,1,3H3,(H,11,12)(H,13,14);;/q;;;;;;;;;2*+1/p-2. The molecule has 0 aromatic carbocycles. The van der Waals surface area contributed by atoms with Crippen LogP contribution in [0.2, 0.25) is 0 Å². The minimum Gasteiger partial charge on any atom is -0.543 e. The van der Waals surface area contributed by atoms with Gasteiger partial charge >= 0.3 is 101 Å². The van der Waals surface area contributed by atoms with Crippen molar-refractivity contribution in [2.24, 2.45) is 0 Å². The molecule has 10 heterocycles. The number of hydrogen-bond donors (Lipinski definition) is 14. The molecule has 41 nitrogen and oxygen atoms in total. The number of ether oxygens (including phenoxy) is 7. The molecule has 0 aliphatic carbocycles. The number of carboxylic acids is 5. The van der Waals surface area contributed by atoms with E-state index in [2.05, 4.69) is 130 Å². The van der Waals surface area contributed by atoms with E-state index in [1.807, 2.05) is 90.0 Å². The van der Waals surface area contributed by atoms with Crippen LogP contribution in [-0.4, -0.2) is 210 Å². The van der Waals surface area contributed by atoms with Crippen LogP contribution in [0.25, 0.3) is 16.7 Å². The van der Waals surface area contributed by atoms with Gasteiger partial charge in [-0.05, 0) is 199 Å². The maximum atomic E-state index is 11.9. The summed E-state index contributed by atoms with van der Waals surface area (Å²) in [5, 5.41) is 68.3. The van der Waals surface area contributed by atoms with E-state index >= 15 is 0 Å². The average molecular weight is 2010 g/mol. The number of aromatic carboxylic acids is 5. The summed E-state index contributed by atoms with van der Waals surface area (Å²) in [5.74, 6) is -0.724. The fourth-order valence-electron chi connectivity index (χ4n) is 13.1. The summed E-state index contributed by atoms with van der Waals surface area (Å²) in [6, 6.07) is 0. The van der Waals surface area contributed by atoms with Gasteiger partial charge in [0.05, 0.1) is 88.7 Å². The molecule has 10 rings (SSSR count). The number of carbonyl (C=O) groups is 9. The number of aliphatic hydroxyl groups is 2. The molecule has 142 heavy (non-hydrogen) atoms. The van der Waals surface area contributed by atoms with Crippen LogP contribution >= 0.6 is 0 Å². The molecule has 0 saturated heterocycles. The Morgan fingerprint density at radius 1 is 0.338 bits per heavy atom. The molecule has 0 spiro atoms. The first-order valence-electron chi connectivity index (χ1n) is 47.1. The first-order chi connectivity index (χ1) is 65.3. The molecule has 9 aromatic rings. The number of aryl methyl sites for hydroxylation is 9. The number of hydrogen-bond acceptors (Lipinski definition) is 29. The number of fused-ring (bicyclic) bond motifs is 1. The second kappa shape index (κ2) is 61.3. The van der Waals surface area contributed by atoms with Gasteiger partial charge in [0.1, 0.15) is 91.7 Å². The number of carboxylic acid groups (broad SMARTS) is 5. The predicted octanol–water partition coefficient (Wildman–Crippen LogP) is 9.22. The fourth-order valence-corrected chi connectivity index (χ4v) is 13.1. The first-order valence-corrected chi connectivity index (χ1v) is 47.1. The Morgan fingerprint density at radius 2 is 0.577 bits per heavy atom. The summed E-state index contributed by atoms with van der Waals surface area (Å²) in [7, 11) is 4.68. The van der Waals surface area contributed by atoms with Gasteiger partial charge in [-0.3, -0.25) is 0 Å². The number of aromatic amines is 9. The van der Waals surface area contributed by atoms with E-state index in [0.717, 1.165) is 131 Å². The van der Waals surface area contributed by atoms with Gasteiger partial charge in [-0.2, -0.15) is 0 Å². The molecule has 0 atom stereocenters. The van der Waals surface area contributed by atoms with Gasteiger partial charge in [-0.25, -0.2) is 78.4 Å². The van der Waals surface area contributed by atoms with E-state index in [0.29, 0.717) is 136 Å². The monoisotopic (exact) mass is 2010 g/mol. The van der Waals surface area contributed by atoms with Gasteiger partial charge < -0.3 is 123 Å². The molecule has 0 amide bonds. The molecule has 0 bridgehead atoms. The van der Waals surface area contributed by atoms with E-state index in [1.165, 1.54) is 21.0 Å². The van der Waals surface area contributed by atoms with Gasteiger partial charge in [0.25, 0.3) is 0 Å². The van der Waals surface area contributed by atoms with Crippen molar-refractivity contribution in [2.75, 3.05) is 41.2 Å². The normalized spacial score (nSPS) is 11.7. The van der Waals surface area contributed by atoms with Crippen LogP contribution in [0.3, 0.4) is 0 Å². The van der Waals surface area contributed by atoms with Gasteiger partial charge in [0, 0.05) is 79.1 Å².